The van der Waals surface area contributed by atoms with Crippen molar-refractivity contribution in [1.82, 2.24) is 20.9 Å². The largest absolute Gasteiger partial charge is 0.462 e. The first-order chi connectivity index (χ1) is 15.3. The Morgan fingerprint density at radius 3 is 2.30 bits per heavy atom. The Kier molecular flexibility index (Phi) is 11.0. The van der Waals surface area contributed by atoms with Crippen LogP contribution in [0.1, 0.15) is 60.8 Å². The maximum absolute atomic E-state index is 12.7. The van der Waals surface area contributed by atoms with Gasteiger partial charge in [0.2, 0.25) is 11.8 Å². The summed E-state index contributed by atoms with van der Waals surface area (Å²) in [4.78, 5) is 49.4. The quantitative estimate of drug-likeness (QED) is 0.166. The summed E-state index contributed by atoms with van der Waals surface area (Å²) in [6.45, 7) is 18.2. The summed E-state index contributed by atoms with van der Waals surface area (Å²) in [5, 5.41) is 8.53. The van der Waals surface area contributed by atoms with Crippen LogP contribution < -0.4 is 16.0 Å². The van der Waals surface area contributed by atoms with E-state index in [9.17, 15) is 19.2 Å². The second kappa shape index (κ2) is 12.7. The molecule has 188 valence electrons. The minimum atomic E-state index is -0.438. The van der Waals surface area contributed by atoms with Gasteiger partial charge in [-0.25, -0.2) is 9.59 Å². The number of ether oxygens (including phenoxy) is 1. The van der Waals surface area contributed by atoms with Crippen LogP contribution in [-0.2, 0) is 19.1 Å². The van der Waals surface area contributed by atoms with Gasteiger partial charge in [0.05, 0.1) is 6.61 Å². The molecule has 0 aromatic heterocycles. The number of likely N-dealkylation sites (tertiary alicyclic amines) is 1. The number of hydrogen-bond acceptors (Lipinski definition) is 6. The molecule has 1 heterocycles. The van der Waals surface area contributed by atoms with Gasteiger partial charge in [0.25, 0.3) is 0 Å². The zero-order valence-electron chi connectivity index (χ0n) is 21.1. The summed E-state index contributed by atoms with van der Waals surface area (Å²) >= 11 is 0. The maximum atomic E-state index is 12.7. The van der Waals surface area contributed by atoms with E-state index < -0.39 is 5.97 Å². The van der Waals surface area contributed by atoms with Crippen molar-refractivity contribution in [3.63, 3.8) is 0 Å². The molecule has 0 radical (unpaired) electrons. The molecule has 1 fully saturated rings. The number of amides is 4. The van der Waals surface area contributed by atoms with E-state index in [0.29, 0.717) is 51.1 Å². The fraction of sp³-hybridized carbons (Fsp3) is 0.750. The second-order valence-corrected chi connectivity index (χ2v) is 10.3. The van der Waals surface area contributed by atoms with Gasteiger partial charge in [0, 0.05) is 50.6 Å². The Balaban J connectivity index is 2.18. The highest BCUT2D eigenvalue weighted by Crippen LogP contribution is 2.44. The van der Waals surface area contributed by atoms with Crippen molar-refractivity contribution in [1.29, 1.82) is 0 Å². The first-order valence-corrected chi connectivity index (χ1v) is 11.7. The van der Waals surface area contributed by atoms with Gasteiger partial charge in [0.1, 0.15) is 0 Å². The van der Waals surface area contributed by atoms with E-state index in [4.69, 9.17) is 4.74 Å². The lowest BCUT2D eigenvalue weighted by atomic mass is 9.65. The molecule has 1 rings (SSSR count). The Morgan fingerprint density at radius 1 is 1.06 bits per heavy atom. The summed E-state index contributed by atoms with van der Waals surface area (Å²) < 4.78 is 4.94. The third-order valence-electron chi connectivity index (χ3n) is 6.41. The molecule has 0 spiro atoms. The van der Waals surface area contributed by atoms with Crippen molar-refractivity contribution < 1.29 is 23.9 Å². The molecule has 0 aromatic rings. The van der Waals surface area contributed by atoms with Gasteiger partial charge in [-0.3, -0.25) is 14.5 Å². The molecule has 1 atom stereocenters. The number of imide groups is 1. The van der Waals surface area contributed by atoms with E-state index in [0.717, 1.165) is 0 Å². The van der Waals surface area contributed by atoms with Crippen LogP contribution in [0.3, 0.4) is 0 Å². The van der Waals surface area contributed by atoms with Crippen LogP contribution >= 0.6 is 0 Å². The Labute approximate surface area is 198 Å². The van der Waals surface area contributed by atoms with Gasteiger partial charge in [-0.2, -0.15) is 0 Å². The number of hydrogen-bond donors (Lipinski definition) is 3. The highest BCUT2D eigenvalue weighted by molar-refractivity contribution is 6.03. The van der Waals surface area contributed by atoms with Crippen molar-refractivity contribution in [2.75, 3.05) is 39.3 Å². The topological polar surface area (TPSA) is 117 Å². The van der Waals surface area contributed by atoms with Gasteiger partial charge in [-0.05, 0) is 30.6 Å². The summed E-state index contributed by atoms with van der Waals surface area (Å²) in [6, 6.07) is -0.308. The van der Waals surface area contributed by atoms with Crippen LogP contribution in [-0.4, -0.2) is 68.0 Å². The number of urea groups is 1. The molecule has 3 N–H and O–H groups in total. The monoisotopic (exact) mass is 466 g/mol. The zero-order chi connectivity index (χ0) is 25.2. The molecule has 1 aliphatic heterocycles. The van der Waals surface area contributed by atoms with E-state index in [-0.39, 0.29) is 47.6 Å². The van der Waals surface area contributed by atoms with Crippen molar-refractivity contribution >= 4 is 23.8 Å². The summed E-state index contributed by atoms with van der Waals surface area (Å²) in [6.07, 6.45) is 1.49. The van der Waals surface area contributed by atoms with Gasteiger partial charge in [0.15, 0.2) is 0 Å². The van der Waals surface area contributed by atoms with Gasteiger partial charge < -0.3 is 20.7 Å². The highest BCUT2D eigenvalue weighted by atomic mass is 16.5. The third-order valence-corrected chi connectivity index (χ3v) is 6.41. The summed E-state index contributed by atoms with van der Waals surface area (Å²) in [5.41, 5.74) is 0.335. The lowest BCUT2D eigenvalue weighted by Crippen LogP contribution is -2.42. The molecule has 1 saturated heterocycles. The fourth-order valence-electron chi connectivity index (χ4n) is 3.27. The number of carbonyl (C=O) groups is 4. The van der Waals surface area contributed by atoms with Crippen molar-refractivity contribution in [2.24, 2.45) is 16.7 Å². The Hall–Kier alpha value is -2.42. The molecule has 0 aromatic carbocycles. The highest BCUT2D eigenvalue weighted by Gasteiger charge is 2.43. The van der Waals surface area contributed by atoms with Crippen molar-refractivity contribution in [3.05, 3.63) is 12.2 Å². The van der Waals surface area contributed by atoms with E-state index in [1.165, 1.54) is 4.90 Å². The molecule has 1 unspecified atom stereocenters. The average molecular weight is 467 g/mol. The number of carbonyl (C=O) groups excluding carboxylic acids is 4. The molecular weight excluding hydrogens is 424 g/mol. The summed E-state index contributed by atoms with van der Waals surface area (Å²) in [5.74, 6) is -0.873. The van der Waals surface area contributed by atoms with Gasteiger partial charge in [-0.15, -0.1) is 0 Å². The van der Waals surface area contributed by atoms with Crippen LogP contribution in [0.5, 0.6) is 0 Å². The smallest absolute Gasteiger partial charge is 0.333 e. The molecular formula is C24H42N4O5. The average Bonchev–Trinajstić information content (AvgIpc) is 2.95. The molecule has 4 amide bonds. The molecule has 0 saturated carbocycles. The number of esters is 1. The predicted molar refractivity (Wildman–Crippen MR) is 127 cm³/mol. The summed E-state index contributed by atoms with van der Waals surface area (Å²) in [7, 11) is 0. The van der Waals surface area contributed by atoms with Crippen LogP contribution in [0.25, 0.3) is 0 Å². The maximum Gasteiger partial charge on any atom is 0.333 e. The zero-order valence-corrected chi connectivity index (χ0v) is 21.1. The molecule has 0 aliphatic carbocycles. The standard InChI is InChI=1S/C24H42N4O5/c1-17(2)21(31)33-14-8-9-26-22(32)27-11-10-25-12-13-28-19(29)15-18(20(28)30)16-24(6,7)23(3,4)5/h18,25H,1,8-16H2,2-7H3,(H2,26,27,32). The molecule has 0 bridgehead atoms. The Bertz CT molecular complexity index is 727. The van der Waals surface area contributed by atoms with Crippen LogP contribution in [0.4, 0.5) is 4.79 Å². The first-order valence-electron chi connectivity index (χ1n) is 11.7. The Morgan fingerprint density at radius 2 is 1.70 bits per heavy atom. The minimum Gasteiger partial charge on any atom is -0.462 e. The second-order valence-electron chi connectivity index (χ2n) is 10.3. The SMILES string of the molecule is C=C(C)C(=O)OCCCNC(=O)NCCNCCN1C(=O)CC(CC(C)(C)C(C)(C)C)C1=O. The van der Waals surface area contributed by atoms with Crippen molar-refractivity contribution in [2.45, 2.75) is 60.8 Å². The number of nitrogens with one attached hydrogen (secondary N) is 3. The van der Waals surface area contributed by atoms with Crippen LogP contribution in [0.2, 0.25) is 0 Å². The predicted octanol–water partition coefficient (Wildman–Crippen LogP) is 2.22. The molecule has 9 nitrogen and oxygen atoms in total. The van der Waals surface area contributed by atoms with Crippen molar-refractivity contribution in [3.8, 4) is 0 Å². The van der Waals surface area contributed by atoms with E-state index in [1.54, 1.807) is 6.92 Å². The van der Waals surface area contributed by atoms with Gasteiger partial charge in [-0.1, -0.05) is 41.2 Å². The van der Waals surface area contributed by atoms with Crippen LogP contribution in [0.15, 0.2) is 12.2 Å². The fourth-order valence-corrected chi connectivity index (χ4v) is 3.27. The minimum absolute atomic E-state index is 0.0437. The molecule has 33 heavy (non-hydrogen) atoms. The lowest BCUT2D eigenvalue weighted by Gasteiger charge is -2.40. The van der Waals surface area contributed by atoms with Gasteiger partial charge >= 0.3 is 12.0 Å². The third kappa shape index (κ3) is 9.53. The molecule has 9 heteroatoms. The number of rotatable bonds is 13. The van der Waals surface area contributed by atoms with E-state index in [2.05, 4.69) is 57.1 Å². The molecule has 1 aliphatic rings. The van der Waals surface area contributed by atoms with Crippen LogP contribution in [0, 0.1) is 16.7 Å². The number of nitrogens with zero attached hydrogens (tertiary/aromatic N) is 1. The van der Waals surface area contributed by atoms with E-state index in [1.807, 2.05) is 0 Å². The first kappa shape index (κ1) is 28.6. The van der Waals surface area contributed by atoms with E-state index >= 15 is 0 Å². The normalized spacial score (nSPS) is 16.7. The lowest BCUT2D eigenvalue weighted by molar-refractivity contribution is -0.140.